The van der Waals surface area contributed by atoms with Crippen LogP contribution in [0.4, 0.5) is 5.69 Å². The Morgan fingerprint density at radius 3 is 2.57 bits per heavy atom. The van der Waals surface area contributed by atoms with Crippen molar-refractivity contribution in [3.05, 3.63) is 53.1 Å². The fourth-order valence-corrected chi connectivity index (χ4v) is 2.58. The van der Waals surface area contributed by atoms with E-state index in [4.69, 9.17) is 4.74 Å². The summed E-state index contributed by atoms with van der Waals surface area (Å²) in [5, 5.41) is 12.6. The molecule has 3 rings (SSSR count). The molecule has 2 N–H and O–H groups in total. The van der Waals surface area contributed by atoms with Crippen molar-refractivity contribution in [3.8, 4) is 11.5 Å². The lowest BCUT2D eigenvalue weighted by Crippen LogP contribution is -2.25. The highest BCUT2D eigenvalue weighted by Crippen LogP contribution is 2.31. The van der Waals surface area contributed by atoms with Crippen molar-refractivity contribution in [1.29, 1.82) is 0 Å². The Bertz CT molecular complexity index is 735. The third-order valence-electron chi connectivity index (χ3n) is 4.48. The van der Waals surface area contributed by atoms with Crippen molar-refractivity contribution in [3.63, 3.8) is 0 Å². The minimum atomic E-state index is -0.199. The first kappa shape index (κ1) is 15.4. The fourth-order valence-electron chi connectivity index (χ4n) is 2.58. The van der Waals surface area contributed by atoms with Gasteiger partial charge in [0.2, 0.25) is 0 Å². The van der Waals surface area contributed by atoms with Gasteiger partial charge in [0.15, 0.2) is 0 Å². The number of nitrogens with one attached hydrogen (secondary N) is 1. The molecule has 4 heteroatoms. The Kier molecular flexibility index (Phi) is 4.24. The Labute approximate surface area is 136 Å². The van der Waals surface area contributed by atoms with Crippen LogP contribution in [0.15, 0.2) is 36.4 Å². The van der Waals surface area contributed by atoms with Gasteiger partial charge in [-0.3, -0.25) is 4.79 Å². The van der Waals surface area contributed by atoms with Crippen LogP contribution in [0.1, 0.15) is 40.7 Å². The fraction of sp³-hybridized carbons (Fsp3) is 0.316. The normalized spacial score (nSPS) is 14.2. The van der Waals surface area contributed by atoms with Crippen LogP contribution in [0.25, 0.3) is 0 Å². The highest BCUT2D eigenvalue weighted by Gasteiger charge is 2.21. The van der Waals surface area contributed by atoms with Gasteiger partial charge in [0.1, 0.15) is 11.5 Å². The second kappa shape index (κ2) is 6.32. The number of para-hydroxylation sites is 2. The molecule has 2 aromatic rings. The van der Waals surface area contributed by atoms with Crippen LogP contribution in [-0.2, 0) is 0 Å². The average molecular weight is 311 g/mol. The Balaban J connectivity index is 1.81. The molecule has 23 heavy (non-hydrogen) atoms. The molecule has 0 bridgehead atoms. The molecule has 0 heterocycles. The number of benzene rings is 2. The van der Waals surface area contributed by atoms with Crippen molar-refractivity contribution < 1.29 is 14.6 Å². The molecule has 1 aliphatic rings. The molecule has 1 amide bonds. The number of amides is 1. The van der Waals surface area contributed by atoms with Gasteiger partial charge in [-0.15, -0.1) is 0 Å². The molecule has 2 aromatic carbocycles. The number of anilines is 1. The highest BCUT2D eigenvalue weighted by atomic mass is 16.5. The van der Waals surface area contributed by atoms with Gasteiger partial charge in [-0.2, -0.15) is 0 Å². The quantitative estimate of drug-likeness (QED) is 0.890. The van der Waals surface area contributed by atoms with Gasteiger partial charge in [-0.25, -0.2) is 0 Å². The van der Waals surface area contributed by atoms with Crippen LogP contribution in [0, 0.1) is 13.8 Å². The van der Waals surface area contributed by atoms with E-state index >= 15 is 0 Å². The summed E-state index contributed by atoms with van der Waals surface area (Å²) in [4.78, 5) is 12.6. The smallest absolute Gasteiger partial charge is 0.256 e. The van der Waals surface area contributed by atoms with Gasteiger partial charge in [0.25, 0.3) is 5.91 Å². The summed E-state index contributed by atoms with van der Waals surface area (Å²) >= 11 is 0. The number of carbonyl (C=O) groups is 1. The summed E-state index contributed by atoms with van der Waals surface area (Å²) in [6.45, 7) is 3.63. The molecule has 1 aliphatic carbocycles. The predicted octanol–water partition coefficient (Wildman–Crippen LogP) is 4.19. The number of ether oxygens (including phenoxy) is 1. The zero-order chi connectivity index (χ0) is 16.4. The Hall–Kier alpha value is -2.49. The molecule has 0 aliphatic heterocycles. The summed E-state index contributed by atoms with van der Waals surface area (Å²) < 4.78 is 5.94. The molecule has 0 radical (unpaired) electrons. The first-order chi connectivity index (χ1) is 11.1. The number of carbonyl (C=O) groups excluding carboxylic acids is 1. The lowest BCUT2D eigenvalue weighted by Gasteiger charge is -2.27. The first-order valence-corrected chi connectivity index (χ1v) is 7.92. The van der Waals surface area contributed by atoms with Gasteiger partial charge >= 0.3 is 0 Å². The second-order valence-corrected chi connectivity index (χ2v) is 6.00. The van der Waals surface area contributed by atoms with Crippen LogP contribution < -0.4 is 10.1 Å². The number of hydrogen-bond donors (Lipinski definition) is 2. The SMILES string of the molecule is Cc1c(O)ccc(C(=O)Nc2ccccc2OC2CCC2)c1C. The van der Waals surface area contributed by atoms with E-state index in [2.05, 4.69) is 5.32 Å². The zero-order valence-corrected chi connectivity index (χ0v) is 13.4. The van der Waals surface area contributed by atoms with E-state index in [1.54, 1.807) is 19.1 Å². The largest absolute Gasteiger partial charge is 0.508 e. The zero-order valence-electron chi connectivity index (χ0n) is 13.4. The van der Waals surface area contributed by atoms with Crippen molar-refractivity contribution in [2.45, 2.75) is 39.2 Å². The summed E-state index contributed by atoms with van der Waals surface area (Å²) in [7, 11) is 0. The van der Waals surface area contributed by atoms with E-state index in [1.807, 2.05) is 31.2 Å². The third kappa shape index (κ3) is 3.16. The maximum Gasteiger partial charge on any atom is 0.256 e. The molecule has 1 fully saturated rings. The molecular weight excluding hydrogens is 290 g/mol. The Morgan fingerprint density at radius 2 is 1.87 bits per heavy atom. The minimum Gasteiger partial charge on any atom is -0.508 e. The van der Waals surface area contributed by atoms with E-state index in [-0.39, 0.29) is 17.8 Å². The molecule has 120 valence electrons. The van der Waals surface area contributed by atoms with Crippen LogP contribution in [0.5, 0.6) is 11.5 Å². The van der Waals surface area contributed by atoms with Gasteiger partial charge in [0, 0.05) is 5.56 Å². The number of phenols is 1. The monoisotopic (exact) mass is 311 g/mol. The van der Waals surface area contributed by atoms with Gasteiger partial charge in [-0.05, 0) is 68.5 Å². The highest BCUT2D eigenvalue weighted by molar-refractivity contribution is 6.06. The average Bonchev–Trinajstić information content (AvgIpc) is 2.50. The molecule has 4 nitrogen and oxygen atoms in total. The number of phenolic OH excluding ortho intramolecular Hbond substituents is 1. The van der Waals surface area contributed by atoms with Gasteiger partial charge < -0.3 is 15.2 Å². The number of aromatic hydroxyl groups is 1. The summed E-state index contributed by atoms with van der Waals surface area (Å²) in [5.41, 5.74) is 2.73. The van der Waals surface area contributed by atoms with E-state index in [0.29, 0.717) is 17.0 Å². The number of hydrogen-bond acceptors (Lipinski definition) is 3. The predicted molar refractivity (Wildman–Crippen MR) is 90.2 cm³/mol. The lowest BCUT2D eigenvalue weighted by molar-refractivity contribution is 0.102. The van der Waals surface area contributed by atoms with Crippen LogP contribution in [0.3, 0.4) is 0 Å². The molecule has 0 spiro atoms. The summed E-state index contributed by atoms with van der Waals surface area (Å²) in [5.74, 6) is 0.710. The van der Waals surface area contributed by atoms with Crippen LogP contribution >= 0.6 is 0 Å². The first-order valence-electron chi connectivity index (χ1n) is 7.92. The van der Waals surface area contributed by atoms with E-state index in [0.717, 1.165) is 24.0 Å². The van der Waals surface area contributed by atoms with Crippen LogP contribution in [-0.4, -0.2) is 17.1 Å². The van der Waals surface area contributed by atoms with Gasteiger partial charge in [-0.1, -0.05) is 12.1 Å². The van der Waals surface area contributed by atoms with Crippen LogP contribution in [0.2, 0.25) is 0 Å². The molecule has 1 saturated carbocycles. The van der Waals surface area contributed by atoms with Crippen molar-refractivity contribution in [2.75, 3.05) is 5.32 Å². The summed E-state index contributed by atoms with van der Waals surface area (Å²) in [6.07, 6.45) is 3.59. The third-order valence-corrected chi connectivity index (χ3v) is 4.48. The minimum absolute atomic E-state index is 0.199. The molecule has 0 saturated heterocycles. The maximum atomic E-state index is 12.6. The topological polar surface area (TPSA) is 58.6 Å². The van der Waals surface area contributed by atoms with Crippen molar-refractivity contribution in [1.82, 2.24) is 0 Å². The van der Waals surface area contributed by atoms with Gasteiger partial charge in [0.05, 0.1) is 11.8 Å². The molecule has 0 aromatic heterocycles. The number of rotatable bonds is 4. The molecule has 0 unspecified atom stereocenters. The van der Waals surface area contributed by atoms with Crippen molar-refractivity contribution in [2.24, 2.45) is 0 Å². The van der Waals surface area contributed by atoms with E-state index in [9.17, 15) is 9.90 Å². The second-order valence-electron chi connectivity index (χ2n) is 6.00. The Morgan fingerprint density at radius 1 is 1.13 bits per heavy atom. The lowest BCUT2D eigenvalue weighted by atomic mass is 9.96. The van der Waals surface area contributed by atoms with Crippen molar-refractivity contribution >= 4 is 11.6 Å². The molecule has 0 atom stereocenters. The van der Waals surface area contributed by atoms with E-state index in [1.165, 1.54) is 6.42 Å². The molecular formula is C19H21NO3. The maximum absolute atomic E-state index is 12.6. The standard InChI is InChI=1S/C19H21NO3/c1-12-13(2)17(21)11-10-15(12)19(22)20-16-8-3-4-9-18(16)23-14-6-5-7-14/h3-4,8-11,14,21H,5-7H2,1-2H3,(H,20,22). The van der Waals surface area contributed by atoms with E-state index < -0.39 is 0 Å². The summed E-state index contributed by atoms with van der Waals surface area (Å²) in [6, 6.07) is 10.7.